The summed E-state index contributed by atoms with van der Waals surface area (Å²) in [6.45, 7) is 0.422. The van der Waals surface area contributed by atoms with E-state index in [1.165, 1.54) is 6.07 Å². The molecular weight excluding hydrogens is 299 g/mol. The Labute approximate surface area is 107 Å². The second-order valence-corrected chi connectivity index (χ2v) is 4.16. The van der Waals surface area contributed by atoms with E-state index in [0.717, 1.165) is 4.47 Å². The summed E-state index contributed by atoms with van der Waals surface area (Å²) in [6.07, 6.45) is 0.673. The van der Waals surface area contributed by atoms with Crippen LogP contribution in [-0.4, -0.2) is 11.5 Å². The van der Waals surface area contributed by atoms with Crippen molar-refractivity contribution in [3.63, 3.8) is 0 Å². The van der Waals surface area contributed by atoms with E-state index in [2.05, 4.69) is 15.9 Å². The van der Waals surface area contributed by atoms with Crippen molar-refractivity contribution in [2.24, 2.45) is 5.73 Å². The molecule has 0 amide bonds. The maximum Gasteiger partial charge on any atom is 0.311 e. The molecule has 0 spiro atoms. The Morgan fingerprint density at radius 1 is 1.56 bits per heavy atom. The molecule has 88 valence electrons. The second-order valence-electron chi connectivity index (χ2n) is 3.31. The molecule has 0 saturated carbocycles. The van der Waals surface area contributed by atoms with Crippen LogP contribution < -0.4 is 10.5 Å². The number of fused-ring (bicyclic) bond motifs is 1. The molecule has 0 saturated heterocycles. The summed E-state index contributed by atoms with van der Waals surface area (Å²) in [4.78, 5) is 10.3. The molecule has 0 aromatic heterocycles. The molecule has 1 aromatic carbocycles. The number of ether oxygens (including phenoxy) is 1. The first kappa shape index (κ1) is 13.2. The van der Waals surface area contributed by atoms with Crippen LogP contribution in [0.15, 0.2) is 16.6 Å². The number of nitrogens with two attached hydrogens (primary N) is 1. The van der Waals surface area contributed by atoms with Crippen molar-refractivity contribution in [1.82, 2.24) is 0 Å². The molecule has 0 aliphatic carbocycles. The van der Waals surface area contributed by atoms with Gasteiger partial charge in [-0.2, -0.15) is 0 Å². The first-order valence-corrected chi connectivity index (χ1v) is 5.25. The van der Waals surface area contributed by atoms with E-state index >= 15 is 0 Å². The predicted octanol–water partition coefficient (Wildman–Crippen LogP) is 2.56. The van der Waals surface area contributed by atoms with Gasteiger partial charge in [0, 0.05) is 28.6 Å². The van der Waals surface area contributed by atoms with E-state index in [4.69, 9.17) is 10.5 Å². The van der Waals surface area contributed by atoms with Crippen molar-refractivity contribution >= 4 is 34.0 Å². The van der Waals surface area contributed by atoms with Crippen molar-refractivity contribution in [2.75, 3.05) is 6.61 Å². The second kappa shape index (κ2) is 4.99. The number of nitro groups is 1. The van der Waals surface area contributed by atoms with Gasteiger partial charge < -0.3 is 10.5 Å². The number of hydrogen-bond acceptors (Lipinski definition) is 4. The fourth-order valence-corrected chi connectivity index (χ4v) is 2.24. The molecule has 0 fully saturated rings. The molecule has 0 bridgehead atoms. The monoisotopic (exact) mass is 308 g/mol. The molecule has 0 radical (unpaired) electrons. The minimum atomic E-state index is -0.455. The topological polar surface area (TPSA) is 78.4 Å². The number of halogens is 2. The highest BCUT2D eigenvalue weighted by Gasteiger charge is 2.28. The van der Waals surface area contributed by atoms with Crippen LogP contribution in [0.1, 0.15) is 18.0 Å². The van der Waals surface area contributed by atoms with E-state index in [1.54, 1.807) is 6.07 Å². The highest BCUT2D eigenvalue weighted by Crippen LogP contribution is 2.42. The molecule has 5 nitrogen and oxygen atoms in total. The lowest BCUT2D eigenvalue weighted by molar-refractivity contribution is -0.386. The van der Waals surface area contributed by atoms with Gasteiger partial charge in [0.1, 0.15) is 0 Å². The smallest absolute Gasteiger partial charge is 0.311 e. The Balaban J connectivity index is 0.00000128. The lowest BCUT2D eigenvalue weighted by Crippen LogP contribution is -2.21. The van der Waals surface area contributed by atoms with E-state index < -0.39 is 4.92 Å². The lowest BCUT2D eigenvalue weighted by atomic mass is 10.0. The Kier molecular flexibility index (Phi) is 4.12. The highest BCUT2D eigenvalue weighted by molar-refractivity contribution is 9.10. The molecule has 1 atom stereocenters. The fraction of sp³-hybridized carbons (Fsp3) is 0.333. The summed E-state index contributed by atoms with van der Waals surface area (Å²) in [7, 11) is 0. The van der Waals surface area contributed by atoms with Gasteiger partial charge in [0.05, 0.1) is 11.5 Å². The Morgan fingerprint density at radius 3 is 2.88 bits per heavy atom. The zero-order chi connectivity index (χ0) is 11.0. The summed E-state index contributed by atoms with van der Waals surface area (Å²) in [5, 5.41) is 10.8. The third kappa shape index (κ3) is 2.14. The van der Waals surface area contributed by atoms with Crippen LogP contribution in [0.4, 0.5) is 5.69 Å². The third-order valence-electron chi connectivity index (χ3n) is 2.36. The molecule has 1 aliphatic rings. The van der Waals surface area contributed by atoms with Gasteiger partial charge in [0.2, 0.25) is 5.75 Å². The van der Waals surface area contributed by atoms with E-state index in [1.807, 2.05) is 0 Å². The van der Waals surface area contributed by atoms with E-state index in [-0.39, 0.29) is 24.1 Å². The lowest BCUT2D eigenvalue weighted by Gasteiger charge is -2.23. The quantitative estimate of drug-likeness (QED) is 0.639. The van der Waals surface area contributed by atoms with Crippen molar-refractivity contribution in [2.45, 2.75) is 12.5 Å². The van der Waals surface area contributed by atoms with E-state index in [9.17, 15) is 10.1 Å². The number of benzene rings is 1. The van der Waals surface area contributed by atoms with Crippen molar-refractivity contribution in [3.05, 3.63) is 32.3 Å². The molecule has 7 heteroatoms. The van der Waals surface area contributed by atoms with E-state index in [0.29, 0.717) is 24.3 Å². The molecule has 1 aliphatic heterocycles. The van der Waals surface area contributed by atoms with Crippen LogP contribution in [0, 0.1) is 10.1 Å². The van der Waals surface area contributed by atoms with Crippen LogP contribution in [0.3, 0.4) is 0 Å². The normalized spacial score (nSPS) is 18.0. The fourth-order valence-electron chi connectivity index (χ4n) is 1.64. The molecule has 0 unspecified atom stereocenters. The molecular formula is C9H10BrClN2O3. The Morgan fingerprint density at radius 2 is 2.25 bits per heavy atom. The molecule has 1 heterocycles. The van der Waals surface area contributed by atoms with Gasteiger partial charge in [-0.25, -0.2) is 0 Å². The van der Waals surface area contributed by atoms with Crippen LogP contribution in [0.25, 0.3) is 0 Å². The zero-order valence-electron chi connectivity index (χ0n) is 8.18. The number of hydrogen-bond donors (Lipinski definition) is 1. The average Bonchev–Trinajstić information content (AvgIpc) is 2.17. The van der Waals surface area contributed by atoms with Crippen LogP contribution >= 0.6 is 28.3 Å². The number of rotatable bonds is 1. The summed E-state index contributed by atoms with van der Waals surface area (Å²) in [5.41, 5.74) is 6.55. The van der Waals surface area contributed by atoms with Gasteiger partial charge in [-0.05, 0) is 6.07 Å². The van der Waals surface area contributed by atoms with Gasteiger partial charge in [0.15, 0.2) is 0 Å². The van der Waals surface area contributed by atoms with Gasteiger partial charge in [0.25, 0.3) is 0 Å². The largest absolute Gasteiger partial charge is 0.486 e. The van der Waals surface area contributed by atoms with Gasteiger partial charge in [-0.15, -0.1) is 12.4 Å². The summed E-state index contributed by atoms with van der Waals surface area (Å²) >= 11 is 3.32. The van der Waals surface area contributed by atoms with Crippen LogP contribution in [0.5, 0.6) is 5.75 Å². The SMILES string of the molecule is Cl.N[C@H]1CCOc2c([N+](=O)[O-])ccc(Br)c21. The molecule has 16 heavy (non-hydrogen) atoms. The standard InChI is InChI=1S/C9H9BrN2O3.ClH/c10-5-1-2-7(12(13)14)9-8(5)6(11)3-4-15-9;/h1-2,6H,3-4,11H2;1H/t6-;/m0./s1. The van der Waals surface area contributed by atoms with Gasteiger partial charge in [-0.1, -0.05) is 15.9 Å². The molecule has 2 N–H and O–H groups in total. The molecule has 1 aromatic rings. The summed E-state index contributed by atoms with van der Waals surface area (Å²) in [5.74, 6) is 0.299. The maximum absolute atomic E-state index is 10.8. The van der Waals surface area contributed by atoms with Gasteiger partial charge in [-0.3, -0.25) is 10.1 Å². The van der Waals surface area contributed by atoms with Crippen LogP contribution in [0.2, 0.25) is 0 Å². The number of nitrogens with zero attached hydrogens (tertiary/aromatic N) is 1. The predicted molar refractivity (Wildman–Crippen MR) is 65.1 cm³/mol. The summed E-state index contributed by atoms with van der Waals surface area (Å²) in [6, 6.07) is 2.84. The minimum absolute atomic E-state index is 0. The van der Waals surface area contributed by atoms with Crippen molar-refractivity contribution < 1.29 is 9.66 Å². The minimum Gasteiger partial charge on any atom is -0.486 e. The first-order chi connectivity index (χ1) is 7.11. The third-order valence-corrected chi connectivity index (χ3v) is 3.06. The maximum atomic E-state index is 10.8. The average molecular weight is 310 g/mol. The zero-order valence-corrected chi connectivity index (χ0v) is 10.6. The van der Waals surface area contributed by atoms with Crippen molar-refractivity contribution in [1.29, 1.82) is 0 Å². The molecule has 2 rings (SSSR count). The van der Waals surface area contributed by atoms with Crippen LogP contribution in [-0.2, 0) is 0 Å². The Hall–Kier alpha value is -0.850. The van der Waals surface area contributed by atoms with Gasteiger partial charge >= 0.3 is 5.69 Å². The highest BCUT2D eigenvalue weighted by atomic mass is 79.9. The summed E-state index contributed by atoms with van der Waals surface area (Å²) < 4.78 is 6.08. The number of nitro benzene ring substituents is 1. The Bertz CT molecular complexity index is 427. The first-order valence-electron chi connectivity index (χ1n) is 4.46. The van der Waals surface area contributed by atoms with Crippen molar-refractivity contribution in [3.8, 4) is 5.75 Å².